The molecule has 3 aromatic rings. The second-order valence-electron chi connectivity index (χ2n) is 5.12. The third-order valence-corrected chi connectivity index (χ3v) is 3.63. The van der Waals surface area contributed by atoms with Crippen LogP contribution >= 0.6 is 0 Å². The number of hydrogen-bond donors (Lipinski definition) is 0. The molecule has 0 atom stereocenters. The number of rotatable bonds is 5. The van der Waals surface area contributed by atoms with Crippen LogP contribution in [0.2, 0.25) is 0 Å². The van der Waals surface area contributed by atoms with Gasteiger partial charge in [-0.3, -0.25) is 4.68 Å². The van der Waals surface area contributed by atoms with Crippen LogP contribution in [0.4, 0.5) is 0 Å². The van der Waals surface area contributed by atoms with Crippen LogP contribution in [0.25, 0.3) is 16.9 Å². The van der Waals surface area contributed by atoms with E-state index < -0.39 is 5.97 Å². The van der Waals surface area contributed by atoms with E-state index in [1.165, 1.54) is 6.20 Å². The molecule has 7 nitrogen and oxygen atoms in total. The van der Waals surface area contributed by atoms with Crippen molar-refractivity contribution in [2.24, 2.45) is 7.05 Å². The topological polar surface area (TPSA) is 71.2 Å². The average Bonchev–Trinajstić information content (AvgIpc) is 3.21. The Bertz CT molecular complexity index is 849. The number of nitrogens with zero attached hydrogens (tertiary/aromatic N) is 4. The molecule has 0 bridgehead atoms. The van der Waals surface area contributed by atoms with E-state index in [-0.39, 0.29) is 0 Å². The van der Waals surface area contributed by atoms with Crippen LogP contribution < -0.4 is 4.74 Å². The first-order valence-electron chi connectivity index (χ1n) is 7.52. The number of hydrogen-bond acceptors (Lipinski definition) is 5. The fourth-order valence-electron chi connectivity index (χ4n) is 2.46. The lowest BCUT2D eigenvalue weighted by Gasteiger charge is -2.04. The summed E-state index contributed by atoms with van der Waals surface area (Å²) < 4.78 is 13.6. The highest BCUT2D eigenvalue weighted by molar-refractivity contribution is 5.96. The molecule has 3 rings (SSSR count). The molecule has 0 saturated heterocycles. The van der Waals surface area contributed by atoms with Gasteiger partial charge in [0, 0.05) is 18.8 Å². The van der Waals surface area contributed by atoms with Crippen molar-refractivity contribution in [2.75, 3.05) is 13.7 Å². The Morgan fingerprint density at radius 1 is 1.17 bits per heavy atom. The molecule has 124 valence electrons. The highest BCUT2D eigenvalue weighted by atomic mass is 16.5. The maximum atomic E-state index is 12.1. The van der Waals surface area contributed by atoms with E-state index in [1.807, 2.05) is 30.5 Å². The van der Waals surface area contributed by atoms with Gasteiger partial charge in [0.25, 0.3) is 0 Å². The monoisotopic (exact) mass is 326 g/mol. The second kappa shape index (κ2) is 6.57. The Balaban J connectivity index is 1.96. The number of esters is 1. The number of methoxy groups -OCH3 is 1. The molecule has 0 radical (unpaired) electrons. The highest BCUT2D eigenvalue weighted by Crippen LogP contribution is 2.25. The number of benzene rings is 1. The number of aryl methyl sites for hydroxylation is 1. The van der Waals surface area contributed by atoms with Gasteiger partial charge in [-0.05, 0) is 31.2 Å². The van der Waals surface area contributed by atoms with E-state index in [0.29, 0.717) is 17.9 Å². The summed E-state index contributed by atoms with van der Waals surface area (Å²) in [6.07, 6.45) is 5.06. The van der Waals surface area contributed by atoms with Crippen molar-refractivity contribution in [3.05, 3.63) is 48.4 Å². The molecule has 0 fully saturated rings. The smallest absolute Gasteiger partial charge is 0.341 e. The van der Waals surface area contributed by atoms with Gasteiger partial charge >= 0.3 is 5.97 Å². The van der Waals surface area contributed by atoms with Gasteiger partial charge in [-0.25, -0.2) is 9.48 Å². The van der Waals surface area contributed by atoms with E-state index in [2.05, 4.69) is 10.2 Å². The Morgan fingerprint density at radius 3 is 2.58 bits per heavy atom. The van der Waals surface area contributed by atoms with Crippen molar-refractivity contribution < 1.29 is 14.3 Å². The summed E-state index contributed by atoms with van der Waals surface area (Å²) in [6, 6.07) is 7.55. The Hall–Kier alpha value is -3.09. The first kappa shape index (κ1) is 15.8. The molecule has 0 aliphatic rings. The first-order valence-corrected chi connectivity index (χ1v) is 7.52. The molecular formula is C17H18N4O3. The minimum Gasteiger partial charge on any atom is -0.497 e. The predicted molar refractivity (Wildman–Crippen MR) is 88.3 cm³/mol. The summed E-state index contributed by atoms with van der Waals surface area (Å²) in [4.78, 5) is 12.1. The zero-order chi connectivity index (χ0) is 17.1. The number of ether oxygens (including phenoxy) is 2. The van der Waals surface area contributed by atoms with E-state index >= 15 is 0 Å². The molecule has 0 spiro atoms. The molecule has 0 amide bonds. The number of aromatic nitrogens is 4. The van der Waals surface area contributed by atoms with Crippen LogP contribution in [-0.4, -0.2) is 39.2 Å². The van der Waals surface area contributed by atoms with Crippen molar-refractivity contribution in [3.8, 4) is 22.7 Å². The standard InChI is InChI=1S/C17H18N4O3/c1-4-24-17(22)15-10-18-20(2)16(15)12-9-19-21(11-12)13-5-7-14(23-3)8-6-13/h5-11H,4H2,1-3H3. The zero-order valence-corrected chi connectivity index (χ0v) is 13.8. The number of carbonyl (C=O) groups excluding carboxylic acids is 1. The van der Waals surface area contributed by atoms with Crippen LogP contribution in [0, 0.1) is 0 Å². The molecule has 2 heterocycles. The Morgan fingerprint density at radius 2 is 1.92 bits per heavy atom. The van der Waals surface area contributed by atoms with Gasteiger partial charge in [-0.1, -0.05) is 0 Å². The fraction of sp³-hybridized carbons (Fsp3) is 0.235. The normalized spacial score (nSPS) is 10.6. The molecule has 0 N–H and O–H groups in total. The summed E-state index contributed by atoms with van der Waals surface area (Å²) in [5.41, 5.74) is 2.78. The average molecular weight is 326 g/mol. The van der Waals surface area contributed by atoms with E-state index in [0.717, 1.165) is 17.0 Å². The third kappa shape index (κ3) is 2.88. The lowest BCUT2D eigenvalue weighted by atomic mass is 10.1. The summed E-state index contributed by atoms with van der Waals surface area (Å²) in [5.74, 6) is 0.389. The van der Waals surface area contributed by atoms with Gasteiger partial charge in [0.1, 0.15) is 11.3 Å². The van der Waals surface area contributed by atoms with E-state index in [1.54, 1.807) is 36.6 Å². The van der Waals surface area contributed by atoms with Crippen molar-refractivity contribution >= 4 is 5.97 Å². The molecule has 2 aromatic heterocycles. The lowest BCUT2D eigenvalue weighted by molar-refractivity contribution is 0.0527. The van der Waals surface area contributed by atoms with Crippen LogP contribution in [0.3, 0.4) is 0 Å². The predicted octanol–water partition coefficient (Wildman–Crippen LogP) is 2.46. The molecular weight excluding hydrogens is 308 g/mol. The minimum atomic E-state index is -0.391. The van der Waals surface area contributed by atoms with Gasteiger partial charge in [-0.15, -0.1) is 0 Å². The lowest BCUT2D eigenvalue weighted by Crippen LogP contribution is -2.06. The SMILES string of the molecule is CCOC(=O)c1cnn(C)c1-c1cnn(-c2ccc(OC)cc2)c1. The molecule has 1 aromatic carbocycles. The second-order valence-corrected chi connectivity index (χ2v) is 5.12. The summed E-state index contributed by atoms with van der Waals surface area (Å²) in [7, 11) is 3.41. The molecule has 0 aliphatic carbocycles. The number of carbonyl (C=O) groups is 1. The van der Waals surface area contributed by atoms with Crippen molar-refractivity contribution in [2.45, 2.75) is 6.92 Å². The highest BCUT2D eigenvalue weighted by Gasteiger charge is 2.20. The van der Waals surface area contributed by atoms with Gasteiger partial charge in [0.15, 0.2) is 0 Å². The molecule has 0 aliphatic heterocycles. The third-order valence-electron chi connectivity index (χ3n) is 3.63. The van der Waals surface area contributed by atoms with Gasteiger partial charge in [-0.2, -0.15) is 10.2 Å². The quantitative estimate of drug-likeness (QED) is 0.674. The van der Waals surface area contributed by atoms with Crippen LogP contribution in [-0.2, 0) is 11.8 Å². The fourth-order valence-corrected chi connectivity index (χ4v) is 2.46. The van der Waals surface area contributed by atoms with Crippen molar-refractivity contribution in [1.29, 1.82) is 0 Å². The summed E-state index contributed by atoms with van der Waals surface area (Å²) >= 11 is 0. The van der Waals surface area contributed by atoms with Crippen molar-refractivity contribution in [3.63, 3.8) is 0 Å². The minimum absolute atomic E-state index is 0.318. The maximum absolute atomic E-state index is 12.1. The Labute approximate surface area is 139 Å². The van der Waals surface area contributed by atoms with Crippen molar-refractivity contribution in [1.82, 2.24) is 19.6 Å². The van der Waals surface area contributed by atoms with Crippen LogP contribution in [0.1, 0.15) is 17.3 Å². The van der Waals surface area contributed by atoms with Gasteiger partial charge in [0.2, 0.25) is 0 Å². The van der Waals surface area contributed by atoms with Crippen LogP contribution in [0.5, 0.6) is 5.75 Å². The van der Waals surface area contributed by atoms with Gasteiger partial charge < -0.3 is 9.47 Å². The summed E-state index contributed by atoms with van der Waals surface area (Å²) in [6.45, 7) is 2.09. The molecule has 0 saturated carbocycles. The van der Waals surface area contributed by atoms with E-state index in [4.69, 9.17) is 9.47 Å². The summed E-state index contributed by atoms with van der Waals surface area (Å²) in [5, 5.41) is 8.53. The molecule has 24 heavy (non-hydrogen) atoms. The van der Waals surface area contributed by atoms with E-state index in [9.17, 15) is 4.79 Å². The maximum Gasteiger partial charge on any atom is 0.341 e. The molecule has 7 heteroatoms. The van der Waals surface area contributed by atoms with Gasteiger partial charge in [0.05, 0.1) is 37.5 Å². The Kier molecular flexibility index (Phi) is 4.33. The zero-order valence-electron chi connectivity index (χ0n) is 13.8. The molecule has 0 unspecified atom stereocenters. The van der Waals surface area contributed by atoms with Crippen LogP contribution in [0.15, 0.2) is 42.9 Å². The first-order chi connectivity index (χ1) is 11.6. The largest absolute Gasteiger partial charge is 0.497 e.